The standard InChI is InChI=1S/C14H18N2O2S.ClH/c17-14(18-10-11-5-1-2-6-11)9-13(19)16-12-7-3-4-8-15-12;/h3-4,7-8,11H,1-2,5-6,9-10H2,(H,15,16,19);1H. The summed E-state index contributed by atoms with van der Waals surface area (Å²) in [5, 5.41) is 2.92. The Morgan fingerprint density at radius 2 is 2.15 bits per heavy atom. The highest BCUT2D eigenvalue weighted by atomic mass is 35.5. The number of carbonyl (C=O) groups excluding carboxylic acids is 1. The molecule has 0 spiro atoms. The number of anilines is 1. The number of aromatic nitrogens is 1. The maximum Gasteiger partial charge on any atom is 0.312 e. The second-order valence-electron chi connectivity index (χ2n) is 4.77. The first kappa shape index (κ1) is 16.9. The molecule has 110 valence electrons. The van der Waals surface area contributed by atoms with Crippen LogP contribution in [0.5, 0.6) is 0 Å². The van der Waals surface area contributed by atoms with E-state index in [1.807, 2.05) is 12.1 Å². The monoisotopic (exact) mass is 314 g/mol. The van der Waals surface area contributed by atoms with Gasteiger partial charge >= 0.3 is 5.97 Å². The average Bonchev–Trinajstić information content (AvgIpc) is 2.90. The van der Waals surface area contributed by atoms with Crippen LogP contribution in [0.2, 0.25) is 0 Å². The van der Waals surface area contributed by atoms with Crippen molar-refractivity contribution in [1.82, 2.24) is 4.98 Å². The van der Waals surface area contributed by atoms with E-state index in [0.29, 0.717) is 23.3 Å². The zero-order valence-corrected chi connectivity index (χ0v) is 12.8. The Labute approximate surface area is 130 Å². The van der Waals surface area contributed by atoms with Gasteiger partial charge in [0.05, 0.1) is 18.0 Å². The maximum absolute atomic E-state index is 11.6. The van der Waals surface area contributed by atoms with Crippen LogP contribution in [0.15, 0.2) is 24.4 Å². The van der Waals surface area contributed by atoms with E-state index in [-0.39, 0.29) is 24.8 Å². The molecule has 4 nitrogen and oxygen atoms in total. The highest BCUT2D eigenvalue weighted by Crippen LogP contribution is 2.24. The van der Waals surface area contributed by atoms with Crippen molar-refractivity contribution in [2.45, 2.75) is 32.1 Å². The van der Waals surface area contributed by atoms with Crippen molar-refractivity contribution in [1.29, 1.82) is 0 Å². The minimum Gasteiger partial charge on any atom is -0.465 e. The Kier molecular flexibility index (Phi) is 7.47. The molecule has 0 bridgehead atoms. The van der Waals surface area contributed by atoms with Gasteiger partial charge in [-0.25, -0.2) is 4.98 Å². The number of ether oxygens (including phenoxy) is 1. The number of rotatable bonds is 5. The third-order valence-corrected chi connectivity index (χ3v) is 3.44. The zero-order chi connectivity index (χ0) is 13.5. The second kappa shape index (κ2) is 8.87. The van der Waals surface area contributed by atoms with Gasteiger partial charge in [-0.05, 0) is 30.9 Å². The van der Waals surface area contributed by atoms with Gasteiger partial charge in [0.2, 0.25) is 0 Å². The summed E-state index contributed by atoms with van der Waals surface area (Å²) in [5.41, 5.74) is 0. The van der Waals surface area contributed by atoms with Crippen LogP contribution in [-0.4, -0.2) is 22.5 Å². The Hall–Kier alpha value is -1.20. The molecule has 2 rings (SSSR count). The Bertz CT molecular complexity index is 436. The number of thiocarbonyl (C=S) groups is 1. The summed E-state index contributed by atoms with van der Waals surface area (Å²) >= 11 is 5.11. The van der Waals surface area contributed by atoms with Gasteiger partial charge in [-0.3, -0.25) is 4.79 Å². The number of hydrogen-bond donors (Lipinski definition) is 1. The summed E-state index contributed by atoms with van der Waals surface area (Å²) < 4.78 is 5.25. The fourth-order valence-electron chi connectivity index (χ4n) is 2.19. The van der Waals surface area contributed by atoms with E-state index < -0.39 is 0 Å². The maximum atomic E-state index is 11.6. The minimum atomic E-state index is -0.264. The molecule has 6 heteroatoms. The third-order valence-electron chi connectivity index (χ3n) is 3.19. The van der Waals surface area contributed by atoms with Crippen LogP contribution in [-0.2, 0) is 9.53 Å². The van der Waals surface area contributed by atoms with Crippen molar-refractivity contribution < 1.29 is 9.53 Å². The SMILES string of the molecule is Cl.O=C(CC(=S)Nc1ccccn1)OCC1CCCC1. The molecule has 1 N–H and O–H groups in total. The van der Waals surface area contributed by atoms with Crippen LogP contribution in [0, 0.1) is 5.92 Å². The summed E-state index contributed by atoms with van der Waals surface area (Å²) in [5.74, 6) is 0.928. The van der Waals surface area contributed by atoms with Crippen LogP contribution in [0.4, 0.5) is 5.82 Å². The number of nitrogens with one attached hydrogen (secondary N) is 1. The number of esters is 1. The van der Waals surface area contributed by atoms with Crippen molar-refractivity contribution in [2.75, 3.05) is 11.9 Å². The van der Waals surface area contributed by atoms with Crippen LogP contribution >= 0.6 is 24.6 Å². The molecule has 20 heavy (non-hydrogen) atoms. The van der Waals surface area contributed by atoms with E-state index >= 15 is 0 Å². The quantitative estimate of drug-likeness (QED) is 0.667. The van der Waals surface area contributed by atoms with Gasteiger partial charge in [0.1, 0.15) is 5.82 Å². The van der Waals surface area contributed by atoms with Crippen molar-refractivity contribution in [3.05, 3.63) is 24.4 Å². The molecule has 0 atom stereocenters. The Balaban J connectivity index is 0.00000200. The first-order valence-corrected chi connectivity index (χ1v) is 7.01. The van der Waals surface area contributed by atoms with Crippen molar-refractivity contribution >= 4 is 41.4 Å². The van der Waals surface area contributed by atoms with Gasteiger partial charge < -0.3 is 10.1 Å². The normalized spacial score (nSPS) is 14.4. The first-order chi connectivity index (χ1) is 9.24. The molecule has 1 heterocycles. The molecule has 1 fully saturated rings. The summed E-state index contributed by atoms with van der Waals surface area (Å²) in [4.78, 5) is 16.2. The topological polar surface area (TPSA) is 51.2 Å². The second-order valence-corrected chi connectivity index (χ2v) is 5.27. The molecule has 0 aromatic carbocycles. The number of carbonyl (C=O) groups is 1. The molecule has 1 saturated carbocycles. The fraction of sp³-hybridized carbons (Fsp3) is 0.500. The minimum absolute atomic E-state index is 0. The van der Waals surface area contributed by atoms with Gasteiger partial charge in [-0.15, -0.1) is 12.4 Å². The highest BCUT2D eigenvalue weighted by molar-refractivity contribution is 7.80. The third kappa shape index (κ3) is 5.84. The zero-order valence-electron chi connectivity index (χ0n) is 11.2. The summed E-state index contributed by atoms with van der Waals surface area (Å²) in [7, 11) is 0. The molecule has 1 aliphatic rings. The molecule has 0 aliphatic heterocycles. The average molecular weight is 315 g/mol. The lowest BCUT2D eigenvalue weighted by atomic mass is 10.1. The molecule has 0 unspecified atom stereocenters. The lowest BCUT2D eigenvalue weighted by molar-refractivity contribution is -0.143. The molecule has 0 saturated heterocycles. The van der Waals surface area contributed by atoms with Crippen LogP contribution < -0.4 is 5.32 Å². The number of nitrogens with zero attached hydrogens (tertiary/aromatic N) is 1. The summed E-state index contributed by atoms with van der Waals surface area (Å²) in [6.07, 6.45) is 6.62. The molecular formula is C14H19ClN2O2S. The highest BCUT2D eigenvalue weighted by Gasteiger charge is 2.17. The predicted octanol–water partition coefficient (Wildman–Crippen LogP) is 3.37. The lowest BCUT2D eigenvalue weighted by Gasteiger charge is -2.11. The summed E-state index contributed by atoms with van der Waals surface area (Å²) in [6.45, 7) is 0.533. The predicted molar refractivity (Wildman–Crippen MR) is 85.2 cm³/mol. The van der Waals surface area contributed by atoms with Gasteiger partial charge in [0.25, 0.3) is 0 Å². The molecule has 1 aromatic rings. The van der Waals surface area contributed by atoms with E-state index in [4.69, 9.17) is 17.0 Å². The van der Waals surface area contributed by atoms with Gasteiger partial charge in [0, 0.05) is 6.20 Å². The molecule has 1 aliphatic carbocycles. The van der Waals surface area contributed by atoms with E-state index in [1.165, 1.54) is 25.7 Å². The van der Waals surface area contributed by atoms with Crippen LogP contribution in [0.1, 0.15) is 32.1 Å². The number of pyridine rings is 1. The summed E-state index contributed by atoms with van der Waals surface area (Å²) in [6, 6.07) is 5.48. The largest absolute Gasteiger partial charge is 0.465 e. The van der Waals surface area contributed by atoms with E-state index in [2.05, 4.69) is 10.3 Å². The van der Waals surface area contributed by atoms with Crippen molar-refractivity contribution in [3.8, 4) is 0 Å². The Morgan fingerprint density at radius 1 is 1.40 bits per heavy atom. The number of hydrogen-bond acceptors (Lipinski definition) is 4. The van der Waals surface area contributed by atoms with E-state index in [1.54, 1.807) is 12.3 Å². The first-order valence-electron chi connectivity index (χ1n) is 6.60. The molecule has 1 aromatic heterocycles. The Morgan fingerprint density at radius 3 is 2.80 bits per heavy atom. The smallest absolute Gasteiger partial charge is 0.312 e. The molecule has 0 amide bonds. The van der Waals surface area contributed by atoms with Gasteiger partial charge in [-0.1, -0.05) is 31.1 Å². The molecule has 0 radical (unpaired) electrons. The fourth-order valence-corrected chi connectivity index (χ4v) is 2.42. The molecular weight excluding hydrogens is 296 g/mol. The van der Waals surface area contributed by atoms with Crippen molar-refractivity contribution in [2.24, 2.45) is 5.92 Å². The van der Waals surface area contributed by atoms with E-state index in [9.17, 15) is 4.79 Å². The van der Waals surface area contributed by atoms with Gasteiger partial charge in [0.15, 0.2) is 0 Å². The van der Waals surface area contributed by atoms with Gasteiger partial charge in [-0.2, -0.15) is 0 Å². The van der Waals surface area contributed by atoms with E-state index in [0.717, 1.165) is 0 Å². The van der Waals surface area contributed by atoms with Crippen LogP contribution in [0.3, 0.4) is 0 Å². The van der Waals surface area contributed by atoms with Crippen LogP contribution in [0.25, 0.3) is 0 Å². The van der Waals surface area contributed by atoms with Crippen molar-refractivity contribution in [3.63, 3.8) is 0 Å². The lowest BCUT2D eigenvalue weighted by Crippen LogP contribution is -2.19. The number of halogens is 1.